The third-order valence-electron chi connectivity index (χ3n) is 5.01. The van der Waals surface area contributed by atoms with Gasteiger partial charge < -0.3 is 10.6 Å². The molecule has 3 N–H and O–H groups in total. The van der Waals surface area contributed by atoms with E-state index in [-0.39, 0.29) is 11.9 Å². The van der Waals surface area contributed by atoms with Gasteiger partial charge in [-0.1, -0.05) is 56.2 Å². The molecule has 1 aliphatic carbocycles. The number of nitrogens with one attached hydrogen (secondary N) is 1. The fraction of sp³-hybridized carbons (Fsp3) is 0.450. The highest BCUT2D eigenvalue weighted by Gasteiger charge is 2.24. The summed E-state index contributed by atoms with van der Waals surface area (Å²) in [5.41, 5.74) is 1.25. The van der Waals surface area contributed by atoms with Crippen LogP contribution in [-0.4, -0.2) is 18.5 Å². The Morgan fingerprint density at radius 2 is 2.00 bits per heavy atom. The summed E-state index contributed by atoms with van der Waals surface area (Å²) in [5.74, 6) is 0.760. The van der Waals surface area contributed by atoms with Gasteiger partial charge in [-0.05, 0) is 30.2 Å². The third kappa shape index (κ3) is 4.46. The minimum absolute atomic E-state index is 0.159. The molecule has 1 aromatic carbocycles. The minimum atomic E-state index is 0.159. The lowest BCUT2D eigenvalue weighted by Gasteiger charge is -2.29. The molecule has 0 unspecified atom stereocenters. The van der Waals surface area contributed by atoms with Crippen LogP contribution in [-0.2, 0) is 4.79 Å². The van der Waals surface area contributed by atoms with Crippen molar-refractivity contribution in [1.82, 2.24) is 5.32 Å². The Morgan fingerprint density at radius 3 is 2.71 bits per heavy atom. The van der Waals surface area contributed by atoms with Gasteiger partial charge in [0.25, 0.3) is 5.91 Å². The molecule has 3 atom stereocenters. The monoisotopic (exact) mass is 343 g/mol. The van der Waals surface area contributed by atoms with E-state index in [1.54, 1.807) is 11.3 Å². The van der Waals surface area contributed by atoms with E-state index in [1.165, 1.54) is 29.7 Å². The fourth-order valence-electron chi connectivity index (χ4n) is 3.57. The zero-order valence-electron chi connectivity index (χ0n) is 14.3. The van der Waals surface area contributed by atoms with E-state index in [9.17, 15) is 4.79 Å². The molecule has 0 radical (unpaired) electrons. The zero-order chi connectivity index (χ0) is 16.8. The molecule has 24 heavy (non-hydrogen) atoms. The topological polar surface area (TPSA) is 45.7 Å². The van der Waals surface area contributed by atoms with Crippen LogP contribution < -0.4 is 10.6 Å². The maximum Gasteiger partial charge on any atom is 0.275 e. The maximum atomic E-state index is 12.4. The number of hydrogen-bond acceptors (Lipinski definition) is 2. The normalized spacial score (nSPS) is 22.0. The SMILES string of the molecule is C[C@@H]1CCCC[C@@H]1NC(=O)C[NH2+][C@@H](c1ccccc1)c1cccs1. The molecule has 1 amide bonds. The molecule has 2 aromatic rings. The molecule has 0 spiro atoms. The standard InChI is InChI=1S/C20H26N2OS/c1-15-8-5-6-11-17(15)22-19(23)14-21-20(18-12-7-13-24-18)16-9-3-2-4-10-16/h2-4,7,9-10,12-13,15,17,20-21H,5-6,8,11,14H2,1H3,(H,22,23)/p+1/t15-,17+,20+/m1/s1. The molecule has 3 nitrogen and oxygen atoms in total. The van der Waals surface area contributed by atoms with E-state index < -0.39 is 0 Å². The number of carbonyl (C=O) groups is 1. The highest BCUT2D eigenvalue weighted by molar-refractivity contribution is 7.10. The average molecular weight is 344 g/mol. The van der Waals surface area contributed by atoms with Crippen LogP contribution in [0.15, 0.2) is 47.8 Å². The zero-order valence-corrected chi connectivity index (χ0v) is 15.1. The summed E-state index contributed by atoms with van der Waals surface area (Å²) in [7, 11) is 0. The smallest absolute Gasteiger partial charge is 0.275 e. The van der Waals surface area contributed by atoms with Crippen LogP contribution in [0.5, 0.6) is 0 Å². The molecule has 0 aliphatic heterocycles. The van der Waals surface area contributed by atoms with Crippen LogP contribution in [0.1, 0.15) is 49.1 Å². The largest absolute Gasteiger partial charge is 0.348 e. The predicted molar refractivity (Wildman–Crippen MR) is 99.0 cm³/mol. The lowest BCUT2D eigenvalue weighted by atomic mass is 9.86. The molecular formula is C20H27N2OS+. The first-order valence-electron chi connectivity index (χ1n) is 8.95. The number of carbonyl (C=O) groups excluding carboxylic acids is 1. The quantitative estimate of drug-likeness (QED) is 0.832. The molecule has 1 aliphatic rings. The number of rotatable bonds is 6. The first kappa shape index (κ1) is 17.2. The van der Waals surface area contributed by atoms with Gasteiger partial charge in [0.15, 0.2) is 6.54 Å². The van der Waals surface area contributed by atoms with Crippen molar-refractivity contribution in [2.75, 3.05) is 6.54 Å². The van der Waals surface area contributed by atoms with Gasteiger partial charge in [-0.2, -0.15) is 0 Å². The van der Waals surface area contributed by atoms with Crippen molar-refractivity contribution >= 4 is 17.2 Å². The van der Waals surface area contributed by atoms with Crippen molar-refractivity contribution in [3.8, 4) is 0 Å². The van der Waals surface area contributed by atoms with Gasteiger partial charge >= 0.3 is 0 Å². The Labute approximate surface area is 148 Å². The summed E-state index contributed by atoms with van der Waals surface area (Å²) >= 11 is 1.75. The first-order valence-corrected chi connectivity index (χ1v) is 9.83. The van der Waals surface area contributed by atoms with Crippen LogP contribution in [0.2, 0.25) is 0 Å². The van der Waals surface area contributed by atoms with E-state index in [0.717, 1.165) is 6.42 Å². The third-order valence-corrected chi connectivity index (χ3v) is 5.96. The summed E-state index contributed by atoms with van der Waals surface area (Å²) in [4.78, 5) is 13.7. The van der Waals surface area contributed by atoms with Gasteiger partial charge in [0.2, 0.25) is 0 Å². The van der Waals surface area contributed by atoms with Crippen molar-refractivity contribution in [2.45, 2.75) is 44.7 Å². The molecule has 1 heterocycles. The summed E-state index contributed by atoms with van der Waals surface area (Å²) in [5, 5.41) is 7.51. The minimum Gasteiger partial charge on any atom is -0.348 e. The van der Waals surface area contributed by atoms with Crippen LogP contribution in [0.3, 0.4) is 0 Å². The summed E-state index contributed by atoms with van der Waals surface area (Å²) < 4.78 is 0. The number of nitrogens with two attached hydrogens (primary N) is 1. The van der Waals surface area contributed by atoms with Gasteiger partial charge in [0.1, 0.15) is 6.04 Å². The first-order chi connectivity index (χ1) is 11.7. The lowest BCUT2D eigenvalue weighted by molar-refractivity contribution is -0.676. The van der Waals surface area contributed by atoms with Crippen molar-refractivity contribution in [1.29, 1.82) is 0 Å². The van der Waals surface area contributed by atoms with Crippen molar-refractivity contribution in [3.05, 3.63) is 58.3 Å². The van der Waals surface area contributed by atoms with Crippen LogP contribution in [0, 0.1) is 5.92 Å². The summed E-state index contributed by atoms with van der Waals surface area (Å²) in [6, 6.07) is 15.2. The second kappa shape index (κ2) is 8.45. The second-order valence-electron chi connectivity index (χ2n) is 6.78. The highest BCUT2D eigenvalue weighted by atomic mass is 32.1. The van der Waals surface area contributed by atoms with Crippen molar-refractivity contribution < 1.29 is 10.1 Å². The second-order valence-corrected chi connectivity index (χ2v) is 7.76. The van der Waals surface area contributed by atoms with Crippen molar-refractivity contribution in [3.63, 3.8) is 0 Å². The maximum absolute atomic E-state index is 12.4. The van der Waals surface area contributed by atoms with Gasteiger partial charge in [0.05, 0.1) is 4.88 Å². The average Bonchev–Trinajstić information content (AvgIpc) is 3.12. The summed E-state index contributed by atoms with van der Waals surface area (Å²) in [6.07, 6.45) is 4.89. The molecule has 1 fully saturated rings. The number of hydrogen-bond donors (Lipinski definition) is 2. The molecule has 3 rings (SSSR count). The van der Waals surface area contributed by atoms with E-state index in [1.807, 2.05) is 6.07 Å². The molecule has 0 saturated heterocycles. The van der Waals surface area contributed by atoms with E-state index in [0.29, 0.717) is 18.5 Å². The number of benzene rings is 1. The van der Waals surface area contributed by atoms with Crippen LogP contribution in [0.4, 0.5) is 0 Å². The van der Waals surface area contributed by atoms with E-state index in [2.05, 4.69) is 59.3 Å². The molecular weight excluding hydrogens is 316 g/mol. The van der Waals surface area contributed by atoms with Gasteiger partial charge in [-0.15, -0.1) is 11.3 Å². The fourth-order valence-corrected chi connectivity index (χ4v) is 4.42. The van der Waals surface area contributed by atoms with E-state index >= 15 is 0 Å². The Morgan fingerprint density at radius 1 is 1.21 bits per heavy atom. The molecule has 128 valence electrons. The Bertz CT molecular complexity index is 626. The molecule has 1 saturated carbocycles. The van der Waals surface area contributed by atoms with Gasteiger partial charge in [-0.3, -0.25) is 4.79 Å². The molecule has 0 bridgehead atoms. The lowest BCUT2D eigenvalue weighted by Crippen LogP contribution is -2.87. The van der Waals surface area contributed by atoms with E-state index in [4.69, 9.17) is 0 Å². The number of thiophene rings is 1. The van der Waals surface area contributed by atoms with Gasteiger partial charge in [0, 0.05) is 11.6 Å². The number of amides is 1. The summed E-state index contributed by atoms with van der Waals surface area (Å²) in [6.45, 7) is 2.73. The molecule has 4 heteroatoms. The Kier molecular flexibility index (Phi) is 6.05. The van der Waals surface area contributed by atoms with Crippen LogP contribution >= 0.6 is 11.3 Å². The Balaban J connectivity index is 1.60. The molecule has 1 aromatic heterocycles. The predicted octanol–water partition coefficient (Wildman–Crippen LogP) is 3.10. The van der Waals surface area contributed by atoms with Crippen molar-refractivity contribution in [2.24, 2.45) is 5.92 Å². The van der Waals surface area contributed by atoms with Gasteiger partial charge in [-0.25, -0.2) is 0 Å². The Hall–Kier alpha value is -1.65. The highest BCUT2D eigenvalue weighted by Crippen LogP contribution is 2.24. The van der Waals surface area contributed by atoms with Crippen LogP contribution in [0.25, 0.3) is 0 Å². The number of quaternary nitrogens is 1.